The number of rotatable bonds is 5. The fourth-order valence-corrected chi connectivity index (χ4v) is 2.53. The second kappa shape index (κ2) is 7.18. The maximum absolute atomic E-state index is 11.6. The molecule has 0 aliphatic carbocycles. The highest BCUT2D eigenvalue weighted by molar-refractivity contribution is 5.94. The van der Waals surface area contributed by atoms with Gasteiger partial charge >= 0.3 is 6.01 Å². The van der Waals surface area contributed by atoms with E-state index in [2.05, 4.69) is 20.3 Å². The first-order valence-electron chi connectivity index (χ1n) is 8.06. The van der Waals surface area contributed by atoms with Gasteiger partial charge in [-0.2, -0.15) is 15.0 Å². The molecule has 0 atom stereocenters. The number of benzene rings is 2. The Morgan fingerprint density at radius 3 is 2.31 bits per heavy atom. The van der Waals surface area contributed by atoms with Crippen LogP contribution < -0.4 is 15.8 Å². The van der Waals surface area contributed by atoms with Gasteiger partial charge in [-0.3, -0.25) is 4.79 Å². The van der Waals surface area contributed by atoms with Crippen molar-refractivity contribution >= 4 is 23.4 Å². The number of carbonyl (C=O) groups is 1. The largest absolute Gasteiger partial charge is 0.424 e. The van der Waals surface area contributed by atoms with Gasteiger partial charge in [0, 0.05) is 11.3 Å². The molecule has 0 fully saturated rings. The number of ketones is 1. The highest BCUT2D eigenvalue weighted by Gasteiger charge is 2.13. The van der Waals surface area contributed by atoms with Crippen molar-refractivity contribution in [3.63, 3.8) is 0 Å². The van der Waals surface area contributed by atoms with Gasteiger partial charge in [-0.05, 0) is 56.2 Å². The molecule has 1 aromatic heterocycles. The van der Waals surface area contributed by atoms with E-state index in [1.807, 2.05) is 44.2 Å². The summed E-state index contributed by atoms with van der Waals surface area (Å²) in [6, 6.07) is 13.1. The molecular weight excluding hydrogens is 330 g/mol. The molecule has 3 N–H and O–H groups in total. The molecule has 132 valence electrons. The van der Waals surface area contributed by atoms with Crippen LogP contribution in [-0.4, -0.2) is 20.7 Å². The molecular formula is C19H19N5O2. The molecule has 2 aromatic carbocycles. The molecule has 0 aliphatic heterocycles. The Labute approximate surface area is 151 Å². The lowest BCUT2D eigenvalue weighted by molar-refractivity contribution is 0.101. The maximum Gasteiger partial charge on any atom is 0.328 e. The highest BCUT2D eigenvalue weighted by atomic mass is 16.5. The summed E-state index contributed by atoms with van der Waals surface area (Å²) in [5, 5.41) is 3.06. The van der Waals surface area contributed by atoms with Crippen LogP contribution in [0.2, 0.25) is 0 Å². The normalized spacial score (nSPS) is 10.4. The fraction of sp³-hybridized carbons (Fsp3) is 0.158. The molecule has 26 heavy (non-hydrogen) atoms. The molecule has 0 aliphatic rings. The predicted octanol–water partition coefficient (Wildman–Crippen LogP) is 3.81. The van der Waals surface area contributed by atoms with Crippen molar-refractivity contribution in [2.45, 2.75) is 20.8 Å². The second-order valence-corrected chi connectivity index (χ2v) is 5.89. The average Bonchev–Trinajstić information content (AvgIpc) is 2.58. The number of Topliss-reactive ketones (excluding diaryl/α,β-unsaturated/α-hetero) is 1. The molecule has 7 nitrogen and oxygen atoms in total. The number of anilines is 3. The van der Waals surface area contributed by atoms with Crippen LogP contribution in [0.5, 0.6) is 11.8 Å². The third-order valence-corrected chi connectivity index (χ3v) is 3.72. The Hall–Kier alpha value is -3.48. The number of para-hydroxylation sites is 1. The number of ether oxygens (including phenoxy) is 1. The number of nitrogens with one attached hydrogen (secondary N) is 1. The smallest absolute Gasteiger partial charge is 0.328 e. The van der Waals surface area contributed by atoms with E-state index in [4.69, 9.17) is 10.5 Å². The third kappa shape index (κ3) is 3.94. The van der Waals surface area contributed by atoms with Crippen molar-refractivity contribution < 1.29 is 9.53 Å². The second-order valence-electron chi connectivity index (χ2n) is 5.89. The Balaban J connectivity index is 1.90. The summed E-state index contributed by atoms with van der Waals surface area (Å²) in [4.78, 5) is 24.0. The van der Waals surface area contributed by atoms with Crippen LogP contribution in [0.4, 0.5) is 17.6 Å². The Kier molecular flexibility index (Phi) is 4.79. The van der Waals surface area contributed by atoms with E-state index in [0.29, 0.717) is 11.3 Å². The van der Waals surface area contributed by atoms with Crippen LogP contribution in [0.25, 0.3) is 0 Å². The summed E-state index contributed by atoms with van der Waals surface area (Å²) in [5.41, 5.74) is 8.86. The molecule has 1 heterocycles. The number of nitrogen functional groups attached to an aromatic ring is 1. The van der Waals surface area contributed by atoms with Crippen molar-refractivity contribution in [2.75, 3.05) is 11.1 Å². The van der Waals surface area contributed by atoms with Gasteiger partial charge in [0.1, 0.15) is 5.75 Å². The summed E-state index contributed by atoms with van der Waals surface area (Å²) in [7, 11) is 0. The molecule has 0 bridgehead atoms. The van der Waals surface area contributed by atoms with Crippen LogP contribution in [-0.2, 0) is 0 Å². The van der Waals surface area contributed by atoms with Gasteiger partial charge in [-0.1, -0.05) is 18.2 Å². The SMILES string of the molecule is CC(=O)c1cc(C)c(Oc2nc(N)nc(Nc3ccccc3)n2)c(C)c1. The number of hydrogen-bond acceptors (Lipinski definition) is 7. The van der Waals surface area contributed by atoms with Gasteiger partial charge in [0.05, 0.1) is 0 Å². The van der Waals surface area contributed by atoms with Gasteiger partial charge in [-0.25, -0.2) is 0 Å². The van der Waals surface area contributed by atoms with Gasteiger partial charge in [0.25, 0.3) is 0 Å². The van der Waals surface area contributed by atoms with Gasteiger partial charge in [0.2, 0.25) is 11.9 Å². The fourth-order valence-electron chi connectivity index (χ4n) is 2.53. The van der Waals surface area contributed by atoms with E-state index in [0.717, 1.165) is 16.8 Å². The first-order valence-corrected chi connectivity index (χ1v) is 8.06. The molecule has 0 saturated heterocycles. The van der Waals surface area contributed by atoms with Crippen LogP contribution in [0, 0.1) is 13.8 Å². The van der Waals surface area contributed by atoms with Crippen molar-refractivity contribution in [3.8, 4) is 11.8 Å². The summed E-state index contributed by atoms with van der Waals surface area (Å²) in [5.74, 6) is 0.922. The van der Waals surface area contributed by atoms with Gasteiger partial charge in [-0.15, -0.1) is 0 Å². The maximum atomic E-state index is 11.6. The van der Waals surface area contributed by atoms with Crippen LogP contribution in [0.1, 0.15) is 28.4 Å². The lowest BCUT2D eigenvalue weighted by Gasteiger charge is -2.13. The Morgan fingerprint density at radius 2 is 1.69 bits per heavy atom. The quantitative estimate of drug-likeness (QED) is 0.675. The molecule has 0 unspecified atom stereocenters. The Morgan fingerprint density at radius 1 is 1.04 bits per heavy atom. The van der Waals surface area contributed by atoms with Crippen LogP contribution in [0.3, 0.4) is 0 Å². The van der Waals surface area contributed by atoms with Gasteiger partial charge in [0.15, 0.2) is 5.78 Å². The lowest BCUT2D eigenvalue weighted by atomic mass is 10.0. The average molecular weight is 349 g/mol. The number of carbonyl (C=O) groups excluding carboxylic acids is 1. The summed E-state index contributed by atoms with van der Waals surface area (Å²) < 4.78 is 5.84. The summed E-state index contributed by atoms with van der Waals surface area (Å²) >= 11 is 0. The Bertz CT molecular complexity index is 934. The summed E-state index contributed by atoms with van der Waals surface area (Å²) in [6.07, 6.45) is 0. The standard InChI is InChI=1S/C19H19N5O2/c1-11-9-14(13(3)25)10-12(2)16(11)26-19-23-17(20)22-18(24-19)21-15-7-5-4-6-8-15/h4-10H,1-3H3,(H3,20,21,22,23,24). The van der Waals surface area contributed by atoms with E-state index in [9.17, 15) is 4.79 Å². The van der Waals surface area contributed by atoms with E-state index in [1.165, 1.54) is 6.92 Å². The van der Waals surface area contributed by atoms with Gasteiger partial charge < -0.3 is 15.8 Å². The van der Waals surface area contributed by atoms with Crippen molar-refractivity contribution in [3.05, 3.63) is 59.2 Å². The van der Waals surface area contributed by atoms with E-state index >= 15 is 0 Å². The minimum absolute atomic E-state index is 0.00139. The topological polar surface area (TPSA) is 103 Å². The minimum Gasteiger partial charge on any atom is -0.424 e. The van der Waals surface area contributed by atoms with Crippen molar-refractivity contribution in [1.29, 1.82) is 0 Å². The number of hydrogen-bond donors (Lipinski definition) is 2. The van der Waals surface area contributed by atoms with E-state index in [-0.39, 0.29) is 23.7 Å². The molecule has 3 aromatic rings. The monoisotopic (exact) mass is 349 g/mol. The van der Waals surface area contributed by atoms with E-state index in [1.54, 1.807) is 12.1 Å². The molecule has 3 rings (SSSR count). The number of aryl methyl sites for hydroxylation is 2. The summed E-state index contributed by atoms with van der Waals surface area (Å²) in [6.45, 7) is 5.26. The molecule has 0 spiro atoms. The number of aromatic nitrogens is 3. The highest BCUT2D eigenvalue weighted by Crippen LogP contribution is 2.29. The zero-order chi connectivity index (χ0) is 18.7. The molecule has 0 amide bonds. The van der Waals surface area contributed by atoms with Crippen LogP contribution >= 0.6 is 0 Å². The minimum atomic E-state index is 0.00139. The van der Waals surface area contributed by atoms with Crippen molar-refractivity contribution in [1.82, 2.24) is 15.0 Å². The zero-order valence-electron chi connectivity index (χ0n) is 14.8. The first kappa shape index (κ1) is 17.3. The first-order chi connectivity index (χ1) is 12.4. The lowest BCUT2D eigenvalue weighted by Crippen LogP contribution is -2.06. The van der Waals surface area contributed by atoms with Crippen LogP contribution in [0.15, 0.2) is 42.5 Å². The molecule has 7 heteroatoms. The third-order valence-electron chi connectivity index (χ3n) is 3.72. The number of nitrogens with two attached hydrogens (primary N) is 1. The van der Waals surface area contributed by atoms with E-state index < -0.39 is 0 Å². The zero-order valence-corrected chi connectivity index (χ0v) is 14.8. The number of nitrogens with zero attached hydrogens (tertiary/aromatic N) is 3. The molecule has 0 saturated carbocycles. The van der Waals surface area contributed by atoms with Crippen molar-refractivity contribution in [2.24, 2.45) is 0 Å². The predicted molar refractivity (Wildman–Crippen MR) is 100.0 cm³/mol. The molecule has 0 radical (unpaired) electrons.